The molecule has 1 aliphatic carbocycles. The smallest absolute Gasteiger partial charge is 0.140 e. The van der Waals surface area contributed by atoms with Gasteiger partial charge in [0.15, 0.2) is 0 Å². The van der Waals surface area contributed by atoms with E-state index in [4.69, 9.17) is 5.73 Å². The number of hydrogen-bond acceptors (Lipinski definition) is 3. The predicted molar refractivity (Wildman–Crippen MR) is 80.8 cm³/mol. The highest BCUT2D eigenvalue weighted by Crippen LogP contribution is 2.29. The predicted octanol–water partition coefficient (Wildman–Crippen LogP) is 4.12. The van der Waals surface area contributed by atoms with E-state index in [1.165, 1.54) is 38.5 Å². The number of hydrogen-bond donors (Lipinski definition) is 2. The number of nitrogens with one attached hydrogen (secondary N) is 1. The summed E-state index contributed by atoms with van der Waals surface area (Å²) in [5, 5.41) is 3.41. The third-order valence-electron chi connectivity index (χ3n) is 3.87. The van der Waals surface area contributed by atoms with Crippen molar-refractivity contribution in [1.82, 2.24) is 4.98 Å². The Morgan fingerprint density at radius 3 is 2.83 bits per heavy atom. The lowest BCUT2D eigenvalue weighted by molar-refractivity contribution is 0.345. The normalized spacial score (nSPS) is 16.8. The van der Waals surface area contributed by atoms with Gasteiger partial charge in [-0.1, -0.05) is 32.1 Å². The molecule has 1 heterocycles. The second kappa shape index (κ2) is 6.41. The van der Waals surface area contributed by atoms with Gasteiger partial charge in [-0.2, -0.15) is 0 Å². The Hall–Kier alpha value is -0.770. The van der Waals surface area contributed by atoms with Gasteiger partial charge < -0.3 is 11.1 Å². The van der Waals surface area contributed by atoms with E-state index in [9.17, 15) is 0 Å². The second-order valence-corrected chi connectivity index (χ2v) is 6.01. The maximum absolute atomic E-state index is 5.81. The van der Waals surface area contributed by atoms with Crippen molar-refractivity contribution in [2.45, 2.75) is 45.4 Å². The highest BCUT2D eigenvalue weighted by molar-refractivity contribution is 9.10. The largest absolute Gasteiger partial charge is 0.397 e. The average Bonchev–Trinajstić information content (AvgIpc) is 2.40. The topological polar surface area (TPSA) is 50.9 Å². The number of nitrogen functional groups attached to an aromatic ring is 1. The number of anilines is 2. The van der Waals surface area contributed by atoms with Gasteiger partial charge in [0.2, 0.25) is 0 Å². The SMILES string of the molecule is Cc1c(N)cnc(NCCC2CCCCC2)c1Br. The van der Waals surface area contributed by atoms with Crippen LogP contribution in [0.1, 0.15) is 44.1 Å². The molecule has 3 nitrogen and oxygen atoms in total. The van der Waals surface area contributed by atoms with E-state index >= 15 is 0 Å². The quantitative estimate of drug-likeness (QED) is 0.879. The molecule has 3 N–H and O–H groups in total. The third-order valence-corrected chi connectivity index (χ3v) is 4.84. The van der Waals surface area contributed by atoms with E-state index in [1.54, 1.807) is 6.20 Å². The first-order valence-electron chi connectivity index (χ1n) is 6.83. The third kappa shape index (κ3) is 3.37. The summed E-state index contributed by atoms with van der Waals surface area (Å²) in [5.74, 6) is 1.82. The summed E-state index contributed by atoms with van der Waals surface area (Å²) in [5.41, 5.74) is 7.61. The lowest BCUT2D eigenvalue weighted by Crippen LogP contribution is -2.13. The molecule has 18 heavy (non-hydrogen) atoms. The molecule has 2 rings (SSSR count). The summed E-state index contributed by atoms with van der Waals surface area (Å²) in [6.45, 7) is 3.01. The number of nitrogens with two attached hydrogens (primary N) is 1. The van der Waals surface area contributed by atoms with Gasteiger partial charge >= 0.3 is 0 Å². The minimum atomic E-state index is 0.736. The van der Waals surface area contributed by atoms with Crippen molar-refractivity contribution in [3.8, 4) is 0 Å². The summed E-state index contributed by atoms with van der Waals surface area (Å²) in [6.07, 6.45) is 10.0. The molecule has 1 aliphatic rings. The van der Waals surface area contributed by atoms with Crippen LogP contribution in [0.4, 0.5) is 11.5 Å². The van der Waals surface area contributed by atoms with Crippen LogP contribution in [-0.4, -0.2) is 11.5 Å². The molecule has 1 aromatic heterocycles. The number of halogens is 1. The van der Waals surface area contributed by atoms with Gasteiger partial charge in [0.1, 0.15) is 5.82 Å². The molecule has 0 unspecified atom stereocenters. The van der Waals surface area contributed by atoms with Crippen LogP contribution in [0.5, 0.6) is 0 Å². The Morgan fingerprint density at radius 1 is 1.39 bits per heavy atom. The van der Waals surface area contributed by atoms with Gasteiger partial charge in [-0.05, 0) is 40.8 Å². The Labute approximate surface area is 118 Å². The van der Waals surface area contributed by atoms with Gasteiger partial charge in [-0.15, -0.1) is 0 Å². The minimum Gasteiger partial charge on any atom is -0.397 e. The standard InChI is InChI=1S/C14H22BrN3/c1-10-12(16)9-18-14(13(10)15)17-8-7-11-5-3-2-4-6-11/h9,11H,2-8,16H2,1H3,(H,17,18). The highest BCUT2D eigenvalue weighted by atomic mass is 79.9. The Balaban J connectivity index is 1.84. The monoisotopic (exact) mass is 311 g/mol. The van der Waals surface area contributed by atoms with Crippen molar-refractivity contribution < 1.29 is 0 Å². The van der Waals surface area contributed by atoms with E-state index < -0.39 is 0 Å². The number of pyridine rings is 1. The van der Waals surface area contributed by atoms with Crippen LogP contribution in [0.2, 0.25) is 0 Å². The molecule has 0 atom stereocenters. The van der Waals surface area contributed by atoms with Crippen LogP contribution >= 0.6 is 15.9 Å². The van der Waals surface area contributed by atoms with Crippen molar-refractivity contribution in [2.75, 3.05) is 17.6 Å². The zero-order valence-corrected chi connectivity index (χ0v) is 12.6. The molecule has 0 saturated heterocycles. The Morgan fingerprint density at radius 2 is 2.11 bits per heavy atom. The van der Waals surface area contributed by atoms with Crippen molar-refractivity contribution in [1.29, 1.82) is 0 Å². The van der Waals surface area contributed by atoms with Crippen LogP contribution in [0, 0.1) is 12.8 Å². The molecule has 4 heteroatoms. The average molecular weight is 312 g/mol. The number of rotatable bonds is 4. The van der Waals surface area contributed by atoms with Crippen LogP contribution in [0.3, 0.4) is 0 Å². The van der Waals surface area contributed by atoms with Gasteiger partial charge in [0, 0.05) is 6.54 Å². The van der Waals surface area contributed by atoms with Gasteiger partial charge in [0.05, 0.1) is 16.4 Å². The molecular formula is C14H22BrN3. The van der Waals surface area contributed by atoms with Crippen LogP contribution in [0.25, 0.3) is 0 Å². The van der Waals surface area contributed by atoms with Crippen molar-refractivity contribution in [3.05, 3.63) is 16.2 Å². The van der Waals surface area contributed by atoms with Crippen molar-refractivity contribution in [2.24, 2.45) is 5.92 Å². The van der Waals surface area contributed by atoms with E-state index in [1.807, 2.05) is 6.92 Å². The Kier molecular flexibility index (Phi) is 4.87. The molecular weight excluding hydrogens is 290 g/mol. The maximum Gasteiger partial charge on any atom is 0.140 e. The van der Waals surface area contributed by atoms with Crippen molar-refractivity contribution in [3.63, 3.8) is 0 Å². The molecule has 0 radical (unpaired) electrons. The van der Waals surface area contributed by atoms with Crippen LogP contribution < -0.4 is 11.1 Å². The van der Waals surface area contributed by atoms with E-state index in [0.29, 0.717) is 0 Å². The summed E-state index contributed by atoms with van der Waals surface area (Å²) >= 11 is 3.55. The molecule has 0 spiro atoms. The lowest BCUT2D eigenvalue weighted by Gasteiger charge is -2.21. The van der Waals surface area contributed by atoms with Gasteiger partial charge in [-0.25, -0.2) is 4.98 Å². The molecule has 1 aromatic rings. The molecule has 1 fully saturated rings. The summed E-state index contributed by atoms with van der Waals surface area (Å²) in [6, 6.07) is 0. The fourth-order valence-electron chi connectivity index (χ4n) is 2.59. The minimum absolute atomic E-state index is 0.736. The summed E-state index contributed by atoms with van der Waals surface area (Å²) < 4.78 is 0.992. The zero-order chi connectivity index (χ0) is 13.0. The molecule has 0 aromatic carbocycles. The lowest BCUT2D eigenvalue weighted by atomic mass is 9.87. The molecule has 0 bridgehead atoms. The summed E-state index contributed by atoms with van der Waals surface area (Å²) in [7, 11) is 0. The molecule has 0 amide bonds. The maximum atomic E-state index is 5.81. The van der Waals surface area contributed by atoms with Crippen LogP contribution in [-0.2, 0) is 0 Å². The van der Waals surface area contributed by atoms with Crippen molar-refractivity contribution >= 4 is 27.4 Å². The number of nitrogens with zero attached hydrogens (tertiary/aromatic N) is 1. The Bertz CT molecular complexity index is 400. The van der Waals surface area contributed by atoms with Crippen LogP contribution in [0.15, 0.2) is 10.7 Å². The molecule has 100 valence electrons. The van der Waals surface area contributed by atoms with Gasteiger partial charge in [0.25, 0.3) is 0 Å². The summed E-state index contributed by atoms with van der Waals surface area (Å²) in [4.78, 5) is 4.34. The first-order chi connectivity index (χ1) is 8.68. The van der Waals surface area contributed by atoms with E-state index in [2.05, 4.69) is 26.2 Å². The van der Waals surface area contributed by atoms with E-state index in [0.717, 1.165) is 34.0 Å². The van der Waals surface area contributed by atoms with E-state index in [-0.39, 0.29) is 0 Å². The highest BCUT2D eigenvalue weighted by Gasteiger charge is 2.13. The fraction of sp³-hybridized carbons (Fsp3) is 0.643. The zero-order valence-electron chi connectivity index (χ0n) is 11.0. The molecule has 0 aliphatic heterocycles. The first-order valence-corrected chi connectivity index (χ1v) is 7.62. The number of aromatic nitrogens is 1. The second-order valence-electron chi connectivity index (χ2n) is 5.22. The molecule has 1 saturated carbocycles. The van der Waals surface area contributed by atoms with Gasteiger partial charge in [-0.3, -0.25) is 0 Å². The fourth-order valence-corrected chi connectivity index (χ4v) is 3.06. The first kappa shape index (κ1) is 13.7.